The lowest BCUT2D eigenvalue weighted by molar-refractivity contribution is -0.265. The van der Waals surface area contributed by atoms with Gasteiger partial charge >= 0.3 is 6.18 Å². The summed E-state index contributed by atoms with van der Waals surface area (Å²) in [6.45, 7) is 1.34. The molecule has 0 saturated heterocycles. The van der Waals surface area contributed by atoms with E-state index in [1.54, 1.807) is 18.2 Å². The quantitative estimate of drug-likeness (QED) is 0.278. The number of hydrogen-bond donors (Lipinski definition) is 3. The van der Waals surface area contributed by atoms with Crippen LogP contribution in [0.4, 0.5) is 22.0 Å². The molecule has 2 aromatic heterocycles. The van der Waals surface area contributed by atoms with Gasteiger partial charge in [0.25, 0.3) is 5.91 Å². The summed E-state index contributed by atoms with van der Waals surface area (Å²) in [7, 11) is 0. The summed E-state index contributed by atoms with van der Waals surface area (Å²) in [4.78, 5) is 32.7. The standard InChI is InChI=1S/C26H29F5N6O4/c1-24(2,26(29,30)31)40-12-18(35-23(39)21-20(15-4-5-15)36-41-37-21)22-33-16-6-3-13(7-17(16)34-22)11-32-19(38)8-14-9-25(27,28)10-14/h3,6-7,14-15,18H,4-5,8-12H2,1-2H3,(H,32,38)(H,33,34)(H,35,39). The summed E-state index contributed by atoms with van der Waals surface area (Å²) in [6.07, 6.45) is -3.58. The maximum atomic E-state index is 13.5. The van der Waals surface area contributed by atoms with E-state index in [1.807, 2.05) is 0 Å². The van der Waals surface area contributed by atoms with Crippen molar-refractivity contribution in [2.75, 3.05) is 6.61 Å². The number of amides is 2. The van der Waals surface area contributed by atoms with Crippen molar-refractivity contribution in [3.05, 3.63) is 41.0 Å². The molecule has 0 bridgehead atoms. The van der Waals surface area contributed by atoms with Crippen molar-refractivity contribution in [1.82, 2.24) is 30.9 Å². The number of nitrogens with one attached hydrogen (secondary N) is 3. The largest absolute Gasteiger partial charge is 0.416 e. The zero-order valence-corrected chi connectivity index (χ0v) is 22.3. The Kier molecular flexibility index (Phi) is 7.51. The fourth-order valence-corrected chi connectivity index (χ4v) is 4.58. The SMILES string of the molecule is CC(C)(OCC(NC(=O)c1nonc1C1CC1)c1nc2ccc(CNC(=O)CC3CC(F)(F)C3)cc2[nH]1)C(F)(F)F. The number of imidazole rings is 1. The first-order valence-electron chi connectivity index (χ1n) is 13.2. The number of fused-ring (bicyclic) bond motifs is 1. The summed E-state index contributed by atoms with van der Waals surface area (Å²) >= 11 is 0. The van der Waals surface area contributed by atoms with E-state index in [0.717, 1.165) is 26.7 Å². The Balaban J connectivity index is 1.30. The Morgan fingerprint density at radius 2 is 1.93 bits per heavy atom. The third-order valence-electron chi connectivity index (χ3n) is 7.32. The number of ether oxygens (including phenoxy) is 1. The average Bonchev–Trinajstić information content (AvgIpc) is 3.43. The highest BCUT2D eigenvalue weighted by Gasteiger charge is 2.49. The van der Waals surface area contributed by atoms with Gasteiger partial charge in [-0.3, -0.25) is 9.59 Å². The van der Waals surface area contributed by atoms with Gasteiger partial charge in [-0.25, -0.2) is 18.4 Å². The minimum absolute atomic E-state index is 0.0190. The van der Waals surface area contributed by atoms with E-state index in [9.17, 15) is 31.5 Å². The van der Waals surface area contributed by atoms with E-state index in [2.05, 4.69) is 30.9 Å². The molecule has 0 radical (unpaired) electrons. The van der Waals surface area contributed by atoms with Gasteiger partial charge in [0.05, 0.1) is 17.6 Å². The number of carbonyl (C=O) groups excluding carboxylic acids is 2. The van der Waals surface area contributed by atoms with Gasteiger partial charge in [-0.15, -0.1) is 0 Å². The molecule has 2 heterocycles. The zero-order valence-electron chi connectivity index (χ0n) is 22.3. The molecule has 222 valence electrons. The van der Waals surface area contributed by atoms with Crippen molar-refractivity contribution in [3.63, 3.8) is 0 Å². The van der Waals surface area contributed by atoms with Crippen molar-refractivity contribution in [3.8, 4) is 0 Å². The fraction of sp³-hybridized carbons (Fsp3) is 0.577. The van der Waals surface area contributed by atoms with Gasteiger partial charge < -0.3 is 20.4 Å². The molecule has 10 nitrogen and oxygen atoms in total. The van der Waals surface area contributed by atoms with Crippen LogP contribution in [0.25, 0.3) is 11.0 Å². The second kappa shape index (κ2) is 10.7. The molecule has 0 spiro atoms. The summed E-state index contributed by atoms with van der Waals surface area (Å²) in [5.41, 5.74) is -0.522. The zero-order chi connectivity index (χ0) is 29.6. The van der Waals surface area contributed by atoms with Crippen LogP contribution < -0.4 is 10.6 Å². The van der Waals surface area contributed by atoms with E-state index < -0.39 is 36.3 Å². The number of aromatic amines is 1. The monoisotopic (exact) mass is 584 g/mol. The van der Waals surface area contributed by atoms with Crippen LogP contribution in [0, 0.1) is 5.92 Å². The molecule has 0 aliphatic heterocycles. The number of H-pyrrole nitrogens is 1. The van der Waals surface area contributed by atoms with Gasteiger partial charge in [0.1, 0.15) is 17.6 Å². The van der Waals surface area contributed by atoms with Crippen LogP contribution in [0.2, 0.25) is 0 Å². The van der Waals surface area contributed by atoms with Gasteiger partial charge in [-0.1, -0.05) is 11.2 Å². The topological polar surface area (TPSA) is 135 Å². The van der Waals surface area contributed by atoms with Crippen molar-refractivity contribution >= 4 is 22.8 Å². The Morgan fingerprint density at radius 1 is 1.20 bits per heavy atom. The van der Waals surface area contributed by atoms with E-state index in [-0.39, 0.29) is 55.1 Å². The second-order valence-corrected chi connectivity index (χ2v) is 11.2. The fourth-order valence-electron chi connectivity index (χ4n) is 4.58. The highest BCUT2D eigenvalue weighted by molar-refractivity contribution is 5.93. The first kappa shape index (κ1) is 28.9. The molecule has 2 aliphatic carbocycles. The molecule has 41 heavy (non-hydrogen) atoms. The molecule has 3 N–H and O–H groups in total. The third-order valence-corrected chi connectivity index (χ3v) is 7.32. The third kappa shape index (κ3) is 6.66. The minimum Gasteiger partial charge on any atom is -0.364 e. The number of aromatic nitrogens is 4. The number of benzene rings is 1. The predicted octanol–water partition coefficient (Wildman–Crippen LogP) is 4.70. The maximum absolute atomic E-state index is 13.5. The Hall–Kier alpha value is -3.62. The first-order valence-corrected chi connectivity index (χ1v) is 13.2. The van der Waals surface area contributed by atoms with Crippen LogP contribution in [-0.4, -0.2) is 56.4 Å². The molecule has 2 fully saturated rings. The van der Waals surface area contributed by atoms with Crippen LogP contribution >= 0.6 is 0 Å². The van der Waals surface area contributed by atoms with Gasteiger partial charge in [0.2, 0.25) is 11.8 Å². The number of carbonyl (C=O) groups is 2. The van der Waals surface area contributed by atoms with E-state index in [0.29, 0.717) is 22.3 Å². The summed E-state index contributed by atoms with van der Waals surface area (Å²) < 4.78 is 76.3. The molecule has 5 rings (SSSR count). The molecule has 1 aromatic carbocycles. The van der Waals surface area contributed by atoms with Crippen LogP contribution in [0.3, 0.4) is 0 Å². The van der Waals surface area contributed by atoms with E-state index >= 15 is 0 Å². The molecule has 15 heteroatoms. The summed E-state index contributed by atoms with van der Waals surface area (Å²) in [6, 6.07) is 3.92. The lowest BCUT2D eigenvalue weighted by Gasteiger charge is -2.34. The highest BCUT2D eigenvalue weighted by Crippen LogP contribution is 2.44. The van der Waals surface area contributed by atoms with Gasteiger partial charge in [-0.05, 0) is 55.5 Å². The van der Waals surface area contributed by atoms with Gasteiger partial charge in [-0.2, -0.15) is 13.2 Å². The molecular formula is C26H29F5N6O4. The molecule has 3 aromatic rings. The van der Waals surface area contributed by atoms with E-state index in [4.69, 9.17) is 9.37 Å². The minimum atomic E-state index is -4.66. The van der Waals surface area contributed by atoms with Gasteiger partial charge in [0.15, 0.2) is 11.3 Å². The normalized spacial score (nSPS) is 18.2. The summed E-state index contributed by atoms with van der Waals surface area (Å²) in [5, 5.41) is 12.8. The van der Waals surface area contributed by atoms with Crippen LogP contribution in [0.15, 0.2) is 22.8 Å². The highest BCUT2D eigenvalue weighted by atomic mass is 19.4. The van der Waals surface area contributed by atoms with Crippen LogP contribution in [0.5, 0.6) is 0 Å². The van der Waals surface area contributed by atoms with E-state index in [1.165, 1.54) is 0 Å². The second-order valence-electron chi connectivity index (χ2n) is 11.2. The number of hydrogen-bond acceptors (Lipinski definition) is 7. The lowest BCUT2D eigenvalue weighted by Crippen LogP contribution is -2.44. The number of nitrogens with zero attached hydrogens (tertiary/aromatic N) is 3. The molecule has 1 atom stereocenters. The first-order chi connectivity index (χ1) is 19.2. The Morgan fingerprint density at radius 3 is 2.59 bits per heavy atom. The van der Waals surface area contributed by atoms with Gasteiger partial charge in [0, 0.05) is 31.7 Å². The van der Waals surface area contributed by atoms with Crippen LogP contribution in [0.1, 0.15) is 85.5 Å². The lowest BCUT2D eigenvalue weighted by atomic mass is 9.79. The smallest absolute Gasteiger partial charge is 0.364 e. The van der Waals surface area contributed by atoms with Crippen molar-refractivity contribution < 1.29 is 40.9 Å². The molecular weight excluding hydrogens is 555 g/mol. The van der Waals surface area contributed by atoms with Crippen molar-refractivity contribution in [2.45, 2.75) is 82.2 Å². The van der Waals surface area contributed by atoms with Crippen molar-refractivity contribution in [1.29, 1.82) is 0 Å². The molecule has 1 unspecified atom stereocenters. The molecule has 2 amide bonds. The number of rotatable bonds is 11. The molecule has 2 aliphatic rings. The average molecular weight is 585 g/mol. The maximum Gasteiger partial charge on any atom is 0.416 e. The Labute approximate surface area is 230 Å². The van der Waals surface area contributed by atoms with Crippen molar-refractivity contribution in [2.24, 2.45) is 5.92 Å². The number of alkyl halides is 5. The Bertz CT molecular complexity index is 1420. The van der Waals surface area contributed by atoms with Crippen LogP contribution in [-0.2, 0) is 16.1 Å². The number of halogens is 5. The predicted molar refractivity (Wildman–Crippen MR) is 133 cm³/mol. The molecule has 2 saturated carbocycles. The summed E-state index contributed by atoms with van der Waals surface area (Å²) in [5.74, 6) is -3.88.